The number of benzene rings is 3. The van der Waals surface area contributed by atoms with Crippen LogP contribution in [0.4, 0.5) is 5.69 Å². The summed E-state index contributed by atoms with van der Waals surface area (Å²) in [6.45, 7) is 1.02. The van der Waals surface area contributed by atoms with E-state index in [4.69, 9.17) is 0 Å². The Balaban J connectivity index is 1.45. The van der Waals surface area contributed by atoms with Gasteiger partial charge in [0.05, 0.1) is 15.9 Å². The zero-order valence-corrected chi connectivity index (χ0v) is 19.4. The van der Waals surface area contributed by atoms with Crippen LogP contribution in [-0.4, -0.2) is 36.3 Å². The summed E-state index contributed by atoms with van der Waals surface area (Å²) in [5.41, 5.74) is 1.68. The van der Waals surface area contributed by atoms with Crippen molar-refractivity contribution < 1.29 is 13.2 Å². The van der Waals surface area contributed by atoms with Crippen LogP contribution in [0.5, 0.6) is 0 Å². The minimum absolute atomic E-state index is 0.0234. The molecule has 0 atom stereocenters. The number of amides is 1. The summed E-state index contributed by atoms with van der Waals surface area (Å²) in [5.74, 6) is -0.313. The smallest absolute Gasteiger partial charge is 0.244 e. The van der Waals surface area contributed by atoms with Crippen LogP contribution >= 0.6 is 0 Å². The minimum atomic E-state index is -3.60. The van der Waals surface area contributed by atoms with Crippen molar-refractivity contribution in [1.29, 1.82) is 0 Å². The van der Waals surface area contributed by atoms with Gasteiger partial charge in [-0.15, -0.1) is 0 Å². The van der Waals surface area contributed by atoms with Gasteiger partial charge in [-0.2, -0.15) is 4.31 Å². The topological polar surface area (TPSA) is 88.5 Å². The number of hydrogen-bond acceptors (Lipinski definition) is 4. The molecule has 1 fully saturated rings. The maximum Gasteiger partial charge on any atom is 0.244 e. The fourth-order valence-corrected chi connectivity index (χ4v) is 6.14. The van der Waals surface area contributed by atoms with Crippen molar-refractivity contribution in [1.82, 2.24) is 8.87 Å². The lowest BCUT2D eigenvalue weighted by atomic mass is 10.1. The summed E-state index contributed by atoms with van der Waals surface area (Å²) < 4.78 is 29.4. The molecule has 1 aromatic heterocycles. The van der Waals surface area contributed by atoms with Crippen molar-refractivity contribution in [2.24, 2.45) is 0 Å². The third-order valence-electron chi connectivity index (χ3n) is 6.25. The van der Waals surface area contributed by atoms with E-state index in [2.05, 4.69) is 5.32 Å². The molecule has 0 radical (unpaired) electrons. The number of rotatable bonds is 5. The van der Waals surface area contributed by atoms with Gasteiger partial charge >= 0.3 is 0 Å². The largest absolute Gasteiger partial charge is 0.331 e. The Hall–Kier alpha value is -3.49. The van der Waals surface area contributed by atoms with Crippen LogP contribution in [-0.2, 0) is 21.4 Å². The number of carbonyl (C=O) groups is 1. The highest BCUT2D eigenvalue weighted by Crippen LogP contribution is 2.23. The Morgan fingerprint density at radius 3 is 2.09 bits per heavy atom. The van der Waals surface area contributed by atoms with Gasteiger partial charge in [0.2, 0.25) is 15.9 Å². The Kier molecular flexibility index (Phi) is 5.93. The van der Waals surface area contributed by atoms with Crippen LogP contribution in [0.3, 0.4) is 0 Å². The quantitative estimate of drug-likeness (QED) is 0.443. The molecule has 0 saturated carbocycles. The first kappa shape index (κ1) is 22.3. The number of carbonyl (C=O) groups excluding carboxylic acids is 1. The van der Waals surface area contributed by atoms with Gasteiger partial charge in [-0.1, -0.05) is 36.8 Å². The van der Waals surface area contributed by atoms with Gasteiger partial charge < -0.3 is 9.88 Å². The fourth-order valence-electron chi connectivity index (χ4n) is 4.58. The molecular weight excluding hydrogens is 450 g/mol. The molecule has 1 aliphatic rings. The highest BCUT2D eigenvalue weighted by atomic mass is 32.2. The van der Waals surface area contributed by atoms with Gasteiger partial charge in [0.25, 0.3) is 0 Å². The third-order valence-corrected chi connectivity index (χ3v) is 8.15. The number of hydrogen-bond donors (Lipinski definition) is 1. The first-order valence-corrected chi connectivity index (χ1v) is 12.8. The number of pyridine rings is 1. The molecule has 1 aliphatic heterocycles. The highest BCUT2D eigenvalue weighted by Gasteiger charge is 2.26. The molecular formula is C26H25N3O4S. The first-order valence-electron chi connectivity index (χ1n) is 11.4. The Bertz CT molecular complexity index is 1490. The van der Waals surface area contributed by atoms with E-state index >= 15 is 0 Å². The van der Waals surface area contributed by atoms with Crippen molar-refractivity contribution in [3.8, 4) is 0 Å². The number of nitrogens with zero attached hydrogens (tertiary/aromatic N) is 2. The molecule has 0 aliphatic carbocycles. The molecule has 0 bridgehead atoms. The molecule has 34 heavy (non-hydrogen) atoms. The number of fused-ring (bicyclic) bond motifs is 2. The minimum Gasteiger partial charge on any atom is -0.331 e. The maximum absolute atomic E-state index is 13.0. The third kappa shape index (κ3) is 4.10. The lowest BCUT2D eigenvalue weighted by Gasteiger charge is -2.26. The number of piperidine rings is 1. The second kappa shape index (κ2) is 9.04. The second-order valence-corrected chi connectivity index (χ2v) is 10.4. The van der Waals surface area contributed by atoms with Crippen molar-refractivity contribution in [2.45, 2.75) is 30.7 Å². The predicted molar refractivity (Wildman–Crippen MR) is 133 cm³/mol. The Labute approximate surface area is 197 Å². The van der Waals surface area contributed by atoms with Gasteiger partial charge in [0.15, 0.2) is 5.43 Å². The average Bonchev–Trinajstić information content (AvgIpc) is 2.87. The molecule has 1 amide bonds. The van der Waals surface area contributed by atoms with E-state index in [1.807, 2.05) is 28.8 Å². The lowest BCUT2D eigenvalue weighted by Crippen LogP contribution is -2.35. The SMILES string of the molecule is O=C(Cn1c2ccccc2c(=O)c2ccccc21)Nc1cccc(S(=O)(=O)N2CCCCC2)c1. The molecule has 4 aromatic rings. The molecule has 7 nitrogen and oxygen atoms in total. The van der Waals surface area contributed by atoms with Gasteiger partial charge in [0, 0.05) is 29.5 Å². The summed E-state index contributed by atoms with van der Waals surface area (Å²) in [7, 11) is -3.60. The van der Waals surface area contributed by atoms with Crippen molar-refractivity contribution >= 4 is 43.4 Å². The van der Waals surface area contributed by atoms with Gasteiger partial charge in [-0.25, -0.2) is 8.42 Å². The number of para-hydroxylation sites is 2. The van der Waals surface area contributed by atoms with Crippen LogP contribution < -0.4 is 10.7 Å². The number of sulfonamides is 1. The van der Waals surface area contributed by atoms with Gasteiger partial charge in [-0.05, 0) is 55.3 Å². The fraction of sp³-hybridized carbons (Fsp3) is 0.231. The van der Waals surface area contributed by atoms with E-state index in [0.717, 1.165) is 19.3 Å². The van der Waals surface area contributed by atoms with E-state index in [0.29, 0.717) is 40.6 Å². The van der Waals surface area contributed by atoms with E-state index < -0.39 is 10.0 Å². The van der Waals surface area contributed by atoms with Crippen LogP contribution in [0.1, 0.15) is 19.3 Å². The van der Waals surface area contributed by atoms with Crippen molar-refractivity contribution in [3.05, 3.63) is 83.0 Å². The molecule has 1 N–H and O–H groups in total. The van der Waals surface area contributed by atoms with Gasteiger partial charge in [0.1, 0.15) is 6.54 Å². The van der Waals surface area contributed by atoms with E-state index in [-0.39, 0.29) is 22.8 Å². The predicted octanol–water partition coefficient (Wildman–Crippen LogP) is 3.97. The Morgan fingerprint density at radius 2 is 1.44 bits per heavy atom. The standard InChI is InChI=1S/C26H25N3O4S/c30-25(27-19-9-8-10-20(17-19)34(32,33)28-15-6-1-7-16-28)18-29-23-13-4-2-11-21(23)26(31)22-12-3-5-14-24(22)29/h2-5,8-14,17H,1,6-7,15-16,18H2,(H,27,30). The van der Waals surface area contributed by atoms with Crippen LogP contribution in [0.15, 0.2) is 82.5 Å². The zero-order chi connectivity index (χ0) is 23.7. The molecule has 8 heteroatoms. The van der Waals surface area contributed by atoms with Crippen LogP contribution in [0.25, 0.3) is 21.8 Å². The number of aromatic nitrogens is 1. The molecule has 2 heterocycles. The Morgan fingerprint density at radius 1 is 0.824 bits per heavy atom. The maximum atomic E-state index is 13.0. The summed E-state index contributed by atoms with van der Waals surface area (Å²) in [4.78, 5) is 26.1. The number of anilines is 1. The summed E-state index contributed by atoms with van der Waals surface area (Å²) in [6, 6.07) is 20.8. The molecule has 174 valence electrons. The lowest BCUT2D eigenvalue weighted by molar-refractivity contribution is -0.116. The van der Waals surface area contributed by atoms with Crippen molar-refractivity contribution in [3.63, 3.8) is 0 Å². The molecule has 3 aromatic carbocycles. The normalized spacial score (nSPS) is 14.9. The second-order valence-electron chi connectivity index (χ2n) is 8.49. The molecule has 0 spiro atoms. The first-order chi connectivity index (χ1) is 16.4. The zero-order valence-electron chi connectivity index (χ0n) is 18.6. The average molecular weight is 476 g/mol. The molecule has 1 saturated heterocycles. The monoisotopic (exact) mass is 475 g/mol. The van der Waals surface area contributed by atoms with Gasteiger partial charge in [-0.3, -0.25) is 9.59 Å². The molecule has 0 unspecified atom stereocenters. The summed E-state index contributed by atoms with van der Waals surface area (Å²) in [5, 5.41) is 3.92. The van der Waals surface area contributed by atoms with Crippen molar-refractivity contribution in [2.75, 3.05) is 18.4 Å². The van der Waals surface area contributed by atoms with E-state index in [1.54, 1.807) is 42.5 Å². The summed E-state index contributed by atoms with van der Waals surface area (Å²) in [6.07, 6.45) is 2.75. The van der Waals surface area contributed by atoms with E-state index in [1.165, 1.54) is 10.4 Å². The highest BCUT2D eigenvalue weighted by molar-refractivity contribution is 7.89. The van der Waals surface area contributed by atoms with Crippen LogP contribution in [0.2, 0.25) is 0 Å². The van der Waals surface area contributed by atoms with E-state index in [9.17, 15) is 18.0 Å². The molecule has 5 rings (SSSR count). The number of nitrogens with one attached hydrogen (secondary N) is 1. The van der Waals surface area contributed by atoms with Crippen LogP contribution in [0, 0.1) is 0 Å². The summed E-state index contributed by atoms with van der Waals surface area (Å²) >= 11 is 0.